The predicted molar refractivity (Wildman–Crippen MR) is 71.8 cm³/mol. The Kier molecular flexibility index (Phi) is 3.37. The number of nitrogens with one attached hydrogen (secondary N) is 1. The van der Waals surface area contributed by atoms with Gasteiger partial charge in [0.15, 0.2) is 0 Å². The minimum atomic E-state index is -0.243. The zero-order valence-corrected chi connectivity index (χ0v) is 10.3. The van der Waals surface area contributed by atoms with Crippen molar-refractivity contribution in [3.63, 3.8) is 0 Å². The number of halogens is 1. The molecular weight excluding hydrogens is 231 g/mol. The van der Waals surface area contributed by atoms with Crippen molar-refractivity contribution in [2.75, 3.05) is 18.2 Å². The maximum atomic E-state index is 13.4. The lowest BCUT2D eigenvalue weighted by molar-refractivity contribution is 0.415. The standard InChI is InChI=1S/C14H15FN2O/c1-9-3-4-10(7-12(9)15)17-14-6-5-11(18-2)8-13(14)16/h3-8,17H,16H2,1-2H3. The number of hydrogen-bond donors (Lipinski definition) is 2. The average Bonchev–Trinajstić information content (AvgIpc) is 2.36. The van der Waals surface area contributed by atoms with Gasteiger partial charge in [0.05, 0.1) is 18.5 Å². The second-order valence-electron chi connectivity index (χ2n) is 4.04. The molecule has 0 saturated heterocycles. The van der Waals surface area contributed by atoms with Crippen molar-refractivity contribution in [1.29, 1.82) is 0 Å². The van der Waals surface area contributed by atoms with Crippen LogP contribution in [-0.4, -0.2) is 7.11 Å². The molecule has 94 valence electrons. The van der Waals surface area contributed by atoms with E-state index in [1.807, 2.05) is 6.07 Å². The minimum absolute atomic E-state index is 0.243. The first-order chi connectivity index (χ1) is 8.60. The fourth-order valence-corrected chi connectivity index (χ4v) is 1.61. The van der Waals surface area contributed by atoms with Gasteiger partial charge in [-0.3, -0.25) is 0 Å². The molecule has 2 aromatic rings. The highest BCUT2D eigenvalue weighted by atomic mass is 19.1. The Hall–Kier alpha value is -2.23. The van der Waals surface area contributed by atoms with E-state index in [9.17, 15) is 4.39 Å². The summed E-state index contributed by atoms with van der Waals surface area (Å²) in [5.74, 6) is 0.445. The molecule has 0 aliphatic heterocycles. The van der Waals surface area contributed by atoms with Crippen molar-refractivity contribution in [3.05, 3.63) is 47.8 Å². The van der Waals surface area contributed by atoms with Gasteiger partial charge in [-0.05, 0) is 36.8 Å². The third kappa shape index (κ3) is 2.53. The van der Waals surface area contributed by atoms with Crippen LogP contribution < -0.4 is 15.8 Å². The number of nitrogens with two attached hydrogens (primary N) is 1. The number of rotatable bonds is 3. The summed E-state index contributed by atoms with van der Waals surface area (Å²) in [4.78, 5) is 0. The van der Waals surface area contributed by atoms with Gasteiger partial charge in [0.2, 0.25) is 0 Å². The average molecular weight is 246 g/mol. The van der Waals surface area contributed by atoms with Crippen LogP contribution in [0.4, 0.5) is 21.5 Å². The molecule has 2 aromatic carbocycles. The summed E-state index contributed by atoms with van der Waals surface area (Å²) in [7, 11) is 1.58. The van der Waals surface area contributed by atoms with E-state index in [-0.39, 0.29) is 5.82 Å². The van der Waals surface area contributed by atoms with Gasteiger partial charge in [0.25, 0.3) is 0 Å². The Balaban J connectivity index is 2.25. The van der Waals surface area contributed by atoms with E-state index in [1.165, 1.54) is 6.07 Å². The lowest BCUT2D eigenvalue weighted by atomic mass is 10.2. The SMILES string of the molecule is COc1ccc(Nc2ccc(C)c(F)c2)c(N)c1. The second kappa shape index (κ2) is 4.96. The number of anilines is 3. The van der Waals surface area contributed by atoms with E-state index in [4.69, 9.17) is 10.5 Å². The van der Waals surface area contributed by atoms with E-state index in [2.05, 4.69) is 5.32 Å². The summed E-state index contributed by atoms with van der Waals surface area (Å²) in [6, 6.07) is 10.3. The highest BCUT2D eigenvalue weighted by Crippen LogP contribution is 2.27. The van der Waals surface area contributed by atoms with Crippen molar-refractivity contribution in [2.45, 2.75) is 6.92 Å². The van der Waals surface area contributed by atoms with E-state index in [0.29, 0.717) is 22.7 Å². The number of methoxy groups -OCH3 is 1. The molecule has 0 bridgehead atoms. The summed E-state index contributed by atoms with van der Waals surface area (Å²) in [6.45, 7) is 1.72. The van der Waals surface area contributed by atoms with Crippen molar-refractivity contribution in [1.82, 2.24) is 0 Å². The van der Waals surface area contributed by atoms with E-state index >= 15 is 0 Å². The molecule has 0 atom stereocenters. The molecule has 3 nitrogen and oxygen atoms in total. The normalized spacial score (nSPS) is 10.2. The molecule has 0 aliphatic carbocycles. The quantitative estimate of drug-likeness (QED) is 0.815. The van der Waals surface area contributed by atoms with Gasteiger partial charge in [0, 0.05) is 11.8 Å². The summed E-state index contributed by atoms with van der Waals surface area (Å²) < 4.78 is 18.5. The number of benzene rings is 2. The predicted octanol–water partition coefficient (Wildman–Crippen LogP) is 3.47. The van der Waals surface area contributed by atoms with Gasteiger partial charge >= 0.3 is 0 Å². The van der Waals surface area contributed by atoms with E-state index in [1.54, 1.807) is 38.3 Å². The van der Waals surface area contributed by atoms with Crippen LogP contribution in [0.3, 0.4) is 0 Å². The summed E-state index contributed by atoms with van der Waals surface area (Å²) in [6.07, 6.45) is 0. The minimum Gasteiger partial charge on any atom is -0.497 e. The zero-order chi connectivity index (χ0) is 13.1. The maximum absolute atomic E-state index is 13.4. The number of hydrogen-bond acceptors (Lipinski definition) is 3. The molecule has 0 amide bonds. The molecule has 0 spiro atoms. The lowest BCUT2D eigenvalue weighted by Gasteiger charge is -2.11. The highest BCUT2D eigenvalue weighted by molar-refractivity contribution is 5.73. The molecule has 3 N–H and O–H groups in total. The fourth-order valence-electron chi connectivity index (χ4n) is 1.61. The van der Waals surface area contributed by atoms with Crippen LogP contribution in [0.5, 0.6) is 5.75 Å². The molecular formula is C14H15FN2O. The first-order valence-corrected chi connectivity index (χ1v) is 5.57. The molecule has 18 heavy (non-hydrogen) atoms. The Morgan fingerprint density at radius 2 is 1.94 bits per heavy atom. The molecule has 0 heterocycles. The smallest absolute Gasteiger partial charge is 0.128 e. The van der Waals surface area contributed by atoms with Crippen LogP contribution in [0.2, 0.25) is 0 Å². The topological polar surface area (TPSA) is 47.3 Å². The van der Waals surface area contributed by atoms with Gasteiger partial charge in [-0.25, -0.2) is 4.39 Å². The highest BCUT2D eigenvalue weighted by Gasteiger charge is 2.03. The molecule has 0 fully saturated rings. The van der Waals surface area contributed by atoms with Crippen molar-refractivity contribution >= 4 is 17.1 Å². The van der Waals surface area contributed by atoms with Gasteiger partial charge in [-0.15, -0.1) is 0 Å². The Bertz CT molecular complexity index is 570. The summed E-state index contributed by atoms with van der Waals surface area (Å²) in [5.41, 5.74) is 8.43. The molecule has 4 heteroatoms. The second-order valence-corrected chi connectivity index (χ2v) is 4.04. The molecule has 0 aliphatic rings. The van der Waals surface area contributed by atoms with Crippen molar-refractivity contribution < 1.29 is 9.13 Å². The Morgan fingerprint density at radius 1 is 1.17 bits per heavy atom. The zero-order valence-electron chi connectivity index (χ0n) is 10.3. The Labute approximate surface area is 105 Å². The number of aryl methyl sites for hydroxylation is 1. The fraction of sp³-hybridized carbons (Fsp3) is 0.143. The molecule has 0 radical (unpaired) electrons. The Morgan fingerprint density at radius 3 is 2.56 bits per heavy atom. The van der Waals surface area contributed by atoms with Gasteiger partial charge in [-0.2, -0.15) is 0 Å². The molecule has 0 unspecified atom stereocenters. The molecule has 2 rings (SSSR count). The van der Waals surface area contributed by atoms with Gasteiger partial charge in [-0.1, -0.05) is 6.07 Å². The largest absolute Gasteiger partial charge is 0.497 e. The third-order valence-corrected chi connectivity index (χ3v) is 2.71. The van der Waals surface area contributed by atoms with Crippen LogP contribution in [0.1, 0.15) is 5.56 Å². The summed E-state index contributed by atoms with van der Waals surface area (Å²) >= 11 is 0. The molecule has 0 aromatic heterocycles. The van der Waals surface area contributed by atoms with Crippen LogP contribution in [0, 0.1) is 12.7 Å². The monoisotopic (exact) mass is 246 g/mol. The van der Waals surface area contributed by atoms with Gasteiger partial charge in [0.1, 0.15) is 11.6 Å². The number of ether oxygens (including phenoxy) is 1. The van der Waals surface area contributed by atoms with Crippen LogP contribution in [0.25, 0.3) is 0 Å². The first kappa shape index (κ1) is 12.2. The van der Waals surface area contributed by atoms with Crippen molar-refractivity contribution in [2.24, 2.45) is 0 Å². The first-order valence-electron chi connectivity index (χ1n) is 5.57. The van der Waals surface area contributed by atoms with Crippen LogP contribution >= 0.6 is 0 Å². The number of nitrogen functional groups attached to an aromatic ring is 1. The van der Waals surface area contributed by atoms with Crippen LogP contribution in [0.15, 0.2) is 36.4 Å². The van der Waals surface area contributed by atoms with Gasteiger partial charge < -0.3 is 15.8 Å². The lowest BCUT2D eigenvalue weighted by Crippen LogP contribution is -1.97. The third-order valence-electron chi connectivity index (χ3n) is 2.71. The van der Waals surface area contributed by atoms with E-state index < -0.39 is 0 Å². The maximum Gasteiger partial charge on any atom is 0.128 e. The van der Waals surface area contributed by atoms with Crippen LogP contribution in [-0.2, 0) is 0 Å². The molecule has 0 saturated carbocycles. The summed E-state index contributed by atoms with van der Waals surface area (Å²) in [5, 5.41) is 3.07. The van der Waals surface area contributed by atoms with Crippen molar-refractivity contribution in [3.8, 4) is 5.75 Å². The van der Waals surface area contributed by atoms with E-state index in [0.717, 1.165) is 5.69 Å².